The molecular formula is C8H8F3N3O2. The normalized spacial score (nSPS) is 11.2. The number of hydrogen-bond acceptors (Lipinski definition) is 4. The molecule has 0 fully saturated rings. The molecule has 1 aromatic heterocycles. The van der Waals surface area contributed by atoms with Gasteiger partial charge in [-0.3, -0.25) is 9.78 Å². The van der Waals surface area contributed by atoms with Crippen molar-refractivity contribution in [3.63, 3.8) is 0 Å². The number of rotatable bonds is 4. The molecule has 1 rings (SSSR count). The zero-order chi connectivity index (χ0) is 12.2. The highest BCUT2D eigenvalue weighted by atomic mass is 19.4. The Labute approximate surface area is 88.5 Å². The molecule has 0 aliphatic rings. The van der Waals surface area contributed by atoms with Gasteiger partial charge in [0.2, 0.25) is 0 Å². The number of anilines is 1. The van der Waals surface area contributed by atoms with Gasteiger partial charge < -0.3 is 10.0 Å². The van der Waals surface area contributed by atoms with E-state index in [1.807, 2.05) is 0 Å². The van der Waals surface area contributed by atoms with Gasteiger partial charge in [-0.05, 0) is 0 Å². The number of hydrogen-bond donors (Lipinski definition) is 1. The lowest BCUT2D eigenvalue weighted by Crippen LogP contribution is -2.38. The summed E-state index contributed by atoms with van der Waals surface area (Å²) in [6.45, 7) is -2.16. The van der Waals surface area contributed by atoms with E-state index in [-0.39, 0.29) is 5.82 Å². The molecule has 0 saturated heterocycles. The Morgan fingerprint density at radius 2 is 2.12 bits per heavy atom. The van der Waals surface area contributed by atoms with Crippen molar-refractivity contribution in [3.05, 3.63) is 18.6 Å². The van der Waals surface area contributed by atoms with Crippen molar-refractivity contribution in [2.75, 3.05) is 18.0 Å². The maximum atomic E-state index is 12.2. The molecule has 88 valence electrons. The molecule has 0 aliphatic heterocycles. The predicted molar refractivity (Wildman–Crippen MR) is 47.9 cm³/mol. The summed E-state index contributed by atoms with van der Waals surface area (Å²) in [6.07, 6.45) is -0.932. The summed E-state index contributed by atoms with van der Waals surface area (Å²) in [5.74, 6) is -1.49. The molecule has 5 nitrogen and oxygen atoms in total. The Morgan fingerprint density at radius 1 is 1.44 bits per heavy atom. The van der Waals surface area contributed by atoms with E-state index in [9.17, 15) is 18.0 Å². The molecule has 8 heteroatoms. The van der Waals surface area contributed by atoms with Gasteiger partial charge in [0.25, 0.3) is 0 Å². The smallest absolute Gasteiger partial charge is 0.405 e. The van der Waals surface area contributed by atoms with Gasteiger partial charge in [-0.2, -0.15) is 13.2 Å². The Kier molecular flexibility index (Phi) is 3.64. The molecule has 16 heavy (non-hydrogen) atoms. The van der Waals surface area contributed by atoms with E-state index < -0.39 is 25.2 Å². The average molecular weight is 235 g/mol. The van der Waals surface area contributed by atoms with E-state index >= 15 is 0 Å². The van der Waals surface area contributed by atoms with Crippen molar-refractivity contribution >= 4 is 11.8 Å². The Hall–Kier alpha value is -1.86. The SMILES string of the molecule is O=C(O)CN(CC(F)(F)F)c1cnccn1. The van der Waals surface area contributed by atoms with Gasteiger partial charge in [0, 0.05) is 12.4 Å². The quantitative estimate of drug-likeness (QED) is 0.840. The van der Waals surface area contributed by atoms with E-state index in [4.69, 9.17) is 5.11 Å². The first-order valence-electron chi connectivity index (χ1n) is 4.18. The van der Waals surface area contributed by atoms with Crippen molar-refractivity contribution in [1.29, 1.82) is 0 Å². The second kappa shape index (κ2) is 4.77. The van der Waals surface area contributed by atoms with E-state index in [1.165, 1.54) is 12.4 Å². The molecule has 0 atom stereocenters. The van der Waals surface area contributed by atoms with Crippen molar-refractivity contribution in [3.8, 4) is 0 Å². The maximum Gasteiger partial charge on any atom is 0.405 e. The fraction of sp³-hybridized carbons (Fsp3) is 0.375. The predicted octanol–water partition coefficient (Wildman–Crippen LogP) is 0.930. The summed E-state index contributed by atoms with van der Waals surface area (Å²) in [6, 6.07) is 0. The van der Waals surface area contributed by atoms with Crippen LogP contribution in [0.5, 0.6) is 0 Å². The van der Waals surface area contributed by atoms with Gasteiger partial charge in [-0.15, -0.1) is 0 Å². The minimum Gasteiger partial charge on any atom is -0.480 e. The first-order chi connectivity index (χ1) is 7.38. The van der Waals surface area contributed by atoms with Crippen LogP contribution in [0.15, 0.2) is 18.6 Å². The molecule has 0 aromatic carbocycles. The third kappa shape index (κ3) is 4.11. The Morgan fingerprint density at radius 3 is 2.56 bits per heavy atom. The third-order valence-electron chi connectivity index (χ3n) is 1.57. The van der Waals surface area contributed by atoms with Gasteiger partial charge >= 0.3 is 12.1 Å². The van der Waals surface area contributed by atoms with Gasteiger partial charge in [0.1, 0.15) is 18.9 Å². The third-order valence-corrected chi connectivity index (χ3v) is 1.57. The Bertz CT molecular complexity index is 355. The minimum atomic E-state index is -4.49. The largest absolute Gasteiger partial charge is 0.480 e. The van der Waals surface area contributed by atoms with Crippen molar-refractivity contribution in [1.82, 2.24) is 9.97 Å². The number of aromatic nitrogens is 2. The fourth-order valence-electron chi connectivity index (χ4n) is 1.05. The summed E-state index contributed by atoms with van der Waals surface area (Å²) in [5.41, 5.74) is 0. The summed E-state index contributed by atoms with van der Waals surface area (Å²) in [7, 11) is 0. The van der Waals surface area contributed by atoms with Gasteiger partial charge in [-0.25, -0.2) is 4.98 Å². The summed E-state index contributed by atoms with van der Waals surface area (Å²) in [4.78, 5) is 18.2. The van der Waals surface area contributed by atoms with Crippen molar-refractivity contribution in [2.24, 2.45) is 0 Å². The summed E-state index contributed by atoms with van der Waals surface area (Å²) in [5, 5.41) is 8.48. The molecule has 0 radical (unpaired) electrons. The highest BCUT2D eigenvalue weighted by molar-refractivity contribution is 5.73. The molecule has 0 saturated carbocycles. The molecule has 0 aliphatic carbocycles. The molecule has 1 N–H and O–H groups in total. The van der Waals surface area contributed by atoms with E-state index in [0.717, 1.165) is 6.20 Å². The lowest BCUT2D eigenvalue weighted by molar-refractivity contribution is -0.136. The molecule has 1 aromatic rings. The van der Waals surface area contributed by atoms with Crippen LogP contribution >= 0.6 is 0 Å². The van der Waals surface area contributed by atoms with Crippen LogP contribution in [-0.4, -0.2) is 40.3 Å². The zero-order valence-electron chi connectivity index (χ0n) is 7.98. The highest BCUT2D eigenvalue weighted by Gasteiger charge is 2.32. The van der Waals surface area contributed by atoms with Crippen LogP contribution < -0.4 is 4.90 Å². The standard InChI is InChI=1S/C8H8F3N3O2/c9-8(10,11)5-14(4-7(15)16)6-3-12-1-2-13-6/h1-3H,4-5H2,(H,15,16). The fourth-order valence-corrected chi connectivity index (χ4v) is 1.05. The lowest BCUT2D eigenvalue weighted by atomic mass is 10.4. The number of nitrogens with zero attached hydrogens (tertiary/aromatic N) is 3. The number of carboxylic acids is 1. The van der Waals surface area contributed by atoms with Crippen LogP contribution in [0.25, 0.3) is 0 Å². The zero-order valence-corrected chi connectivity index (χ0v) is 7.98. The van der Waals surface area contributed by atoms with Crippen LogP contribution in [-0.2, 0) is 4.79 Å². The van der Waals surface area contributed by atoms with E-state index in [2.05, 4.69) is 9.97 Å². The molecule has 1 heterocycles. The monoisotopic (exact) mass is 235 g/mol. The molecule has 0 spiro atoms. The summed E-state index contributed by atoms with van der Waals surface area (Å²) >= 11 is 0. The van der Waals surface area contributed by atoms with Crippen LogP contribution in [0.1, 0.15) is 0 Å². The van der Waals surface area contributed by atoms with Crippen molar-refractivity contribution in [2.45, 2.75) is 6.18 Å². The molecule has 0 unspecified atom stereocenters. The van der Waals surface area contributed by atoms with E-state index in [1.54, 1.807) is 0 Å². The van der Waals surface area contributed by atoms with Gasteiger partial charge in [0.15, 0.2) is 0 Å². The molecular weight excluding hydrogens is 227 g/mol. The highest BCUT2D eigenvalue weighted by Crippen LogP contribution is 2.19. The van der Waals surface area contributed by atoms with Crippen LogP contribution in [0.4, 0.5) is 19.0 Å². The number of carbonyl (C=O) groups is 1. The summed E-state index contributed by atoms with van der Waals surface area (Å²) < 4.78 is 36.5. The van der Waals surface area contributed by atoms with Crippen LogP contribution in [0.2, 0.25) is 0 Å². The molecule has 0 bridgehead atoms. The average Bonchev–Trinajstić information content (AvgIpc) is 2.15. The molecule has 0 amide bonds. The number of aliphatic carboxylic acids is 1. The number of halogens is 3. The van der Waals surface area contributed by atoms with Crippen LogP contribution in [0.3, 0.4) is 0 Å². The Balaban J connectivity index is 2.84. The number of carboxylic acid groups (broad SMARTS) is 1. The number of alkyl halides is 3. The van der Waals surface area contributed by atoms with Crippen molar-refractivity contribution < 1.29 is 23.1 Å². The van der Waals surface area contributed by atoms with Crippen LogP contribution in [0, 0.1) is 0 Å². The lowest BCUT2D eigenvalue weighted by Gasteiger charge is -2.22. The van der Waals surface area contributed by atoms with Gasteiger partial charge in [0.05, 0.1) is 6.20 Å². The minimum absolute atomic E-state index is 0.123. The second-order valence-corrected chi connectivity index (χ2v) is 2.93. The van der Waals surface area contributed by atoms with E-state index in [0.29, 0.717) is 4.90 Å². The first kappa shape index (κ1) is 12.2. The maximum absolute atomic E-state index is 12.2. The second-order valence-electron chi connectivity index (χ2n) is 2.93. The van der Waals surface area contributed by atoms with Gasteiger partial charge in [-0.1, -0.05) is 0 Å². The first-order valence-corrected chi connectivity index (χ1v) is 4.18. The topological polar surface area (TPSA) is 66.3 Å².